The Morgan fingerprint density at radius 3 is 2.55 bits per heavy atom. The van der Waals surface area contributed by atoms with Crippen LogP contribution in [0, 0.1) is 0 Å². The summed E-state index contributed by atoms with van der Waals surface area (Å²) >= 11 is 7.13. The van der Waals surface area contributed by atoms with E-state index in [2.05, 4.69) is 31.2 Å². The molecule has 3 heterocycles. The molecular formula is C39H44ClF3N6O4. The second-order valence-corrected chi connectivity index (χ2v) is 13.9. The van der Waals surface area contributed by atoms with Crippen molar-refractivity contribution in [1.29, 1.82) is 0 Å². The van der Waals surface area contributed by atoms with Crippen LogP contribution < -0.4 is 30.7 Å². The Balaban J connectivity index is 1.27. The zero-order valence-electron chi connectivity index (χ0n) is 29.9. The van der Waals surface area contributed by atoms with Crippen molar-refractivity contribution in [2.24, 2.45) is 0 Å². The third-order valence-corrected chi connectivity index (χ3v) is 10.0. The van der Waals surface area contributed by atoms with Crippen LogP contribution in [0.4, 0.5) is 19.0 Å². The largest absolute Gasteiger partial charge is 0.496 e. The van der Waals surface area contributed by atoms with Gasteiger partial charge in [0.05, 0.1) is 42.6 Å². The van der Waals surface area contributed by atoms with Crippen molar-refractivity contribution < 1.29 is 32.5 Å². The average Bonchev–Trinajstić information content (AvgIpc) is 3.56. The van der Waals surface area contributed by atoms with Crippen LogP contribution in [-0.2, 0) is 30.5 Å². The van der Waals surface area contributed by atoms with E-state index >= 15 is 0 Å². The Bertz CT molecular complexity index is 1940. The number of anilines is 1. The van der Waals surface area contributed by atoms with Crippen molar-refractivity contribution in [3.63, 3.8) is 0 Å². The van der Waals surface area contributed by atoms with Crippen molar-refractivity contribution in [3.8, 4) is 34.0 Å². The minimum atomic E-state index is -4.67. The third-order valence-electron chi connectivity index (χ3n) is 9.66. The van der Waals surface area contributed by atoms with Crippen molar-refractivity contribution in [2.75, 3.05) is 32.6 Å². The summed E-state index contributed by atoms with van der Waals surface area (Å²) in [6.45, 7) is 3.06. The maximum Gasteiger partial charge on any atom is 0.419 e. The molecule has 0 spiro atoms. The number of methoxy groups -OCH3 is 2. The highest BCUT2D eigenvalue weighted by atomic mass is 35.5. The summed E-state index contributed by atoms with van der Waals surface area (Å²) in [6, 6.07) is 14.2. The fourth-order valence-corrected chi connectivity index (χ4v) is 7.42. The number of fused-ring (bicyclic) bond motifs is 1. The van der Waals surface area contributed by atoms with E-state index in [1.807, 2.05) is 42.5 Å². The number of hydrogen-bond acceptors (Lipinski definition) is 9. The van der Waals surface area contributed by atoms with Crippen LogP contribution in [0.5, 0.6) is 11.6 Å². The van der Waals surface area contributed by atoms with E-state index in [1.54, 1.807) is 20.2 Å². The van der Waals surface area contributed by atoms with E-state index in [9.17, 15) is 23.1 Å². The number of aliphatic hydroxyl groups excluding tert-OH is 1. The molecule has 5 N–H and O–H groups in total. The molecule has 1 fully saturated rings. The number of nitrogens with one attached hydrogen (secondary N) is 4. The number of carbonyl (C=O) groups is 1. The molecule has 0 saturated carbocycles. The van der Waals surface area contributed by atoms with E-state index in [0.717, 1.165) is 52.3 Å². The van der Waals surface area contributed by atoms with Gasteiger partial charge >= 0.3 is 6.18 Å². The van der Waals surface area contributed by atoms with Gasteiger partial charge < -0.3 is 35.8 Å². The molecule has 53 heavy (non-hydrogen) atoms. The van der Waals surface area contributed by atoms with Crippen LogP contribution in [0.15, 0.2) is 54.7 Å². The SMILES string of the molecule is COc1cc(-c2nccc(-c3cccc4c3CCC[C@H]4Nc3nc(OC)c(CNC[C@H](C)O)cc3C(F)(F)F)c2Cl)ccc1CNC[C@@H]1CCC(=O)N1. The zero-order chi connectivity index (χ0) is 37.7. The van der Waals surface area contributed by atoms with Crippen LogP contribution >= 0.6 is 11.6 Å². The smallest absolute Gasteiger partial charge is 0.419 e. The minimum Gasteiger partial charge on any atom is -0.496 e. The van der Waals surface area contributed by atoms with Gasteiger partial charge in [-0.15, -0.1) is 0 Å². The van der Waals surface area contributed by atoms with E-state index in [4.69, 9.17) is 21.1 Å². The molecular weight excluding hydrogens is 709 g/mol. The normalized spacial score (nSPS) is 17.6. The number of ether oxygens (including phenoxy) is 2. The molecule has 2 aromatic carbocycles. The molecule has 6 rings (SSSR count). The van der Waals surface area contributed by atoms with Gasteiger partial charge in [0.1, 0.15) is 11.6 Å². The second-order valence-electron chi connectivity index (χ2n) is 13.5. The molecule has 1 aliphatic heterocycles. The number of halogens is 4. The molecule has 14 heteroatoms. The molecule has 2 aliphatic rings. The highest BCUT2D eigenvalue weighted by molar-refractivity contribution is 6.35. The van der Waals surface area contributed by atoms with Crippen LogP contribution in [0.1, 0.15) is 66.5 Å². The van der Waals surface area contributed by atoms with Gasteiger partial charge in [-0.2, -0.15) is 18.2 Å². The number of aromatic nitrogens is 2. The molecule has 282 valence electrons. The van der Waals surface area contributed by atoms with Gasteiger partial charge in [-0.3, -0.25) is 9.78 Å². The molecule has 1 aliphatic carbocycles. The monoisotopic (exact) mass is 752 g/mol. The Morgan fingerprint density at radius 1 is 1.02 bits per heavy atom. The van der Waals surface area contributed by atoms with Crippen molar-refractivity contribution in [1.82, 2.24) is 25.9 Å². The van der Waals surface area contributed by atoms with Crippen LogP contribution in [0.2, 0.25) is 5.02 Å². The number of rotatable bonds is 14. The summed E-state index contributed by atoms with van der Waals surface area (Å²) in [6.07, 6.45) is -0.218. The van der Waals surface area contributed by atoms with Crippen molar-refractivity contribution >= 4 is 23.3 Å². The predicted octanol–water partition coefficient (Wildman–Crippen LogP) is 6.83. The van der Waals surface area contributed by atoms with Crippen molar-refractivity contribution in [2.45, 2.75) is 76.5 Å². The summed E-state index contributed by atoms with van der Waals surface area (Å²) < 4.78 is 54.5. The summed E-state index contributed by atoms with van der Waals surface area (Å²) in [5, 5.41) is 22.4. The standard InChI is InChI=1S/C39H44ClF3N6O4/c1-22(50)18-44-20-25-16-31(39(41,42)43)37(49-38(25)53-3)48-32-9-5-7-27-28(6-4-8-29(27)32)30-14-15-46-36(35(30)40)23-10-11-24(33(17-23)52-2)19-45-21-26-12-13-34(51)47-26/h4,6,8,10-11,14-17,22,26,32,44-45,50H,5,7,9,12-13,18-21H2,1-3H3,(H,47,51)(H,48,49)/t22-,26-,32+/m0/s1. The number of hydrogen-bond donors (Lipinski definition) is 5. The fraction of sp³-hybridized carbons (Fsp3) is 0.410. The van der Waals surface area contributed by atoms with Gasteiger partial charge in [0.25, 0.3) is 0 Å². The molecule has 0 bridgehead atoms. The van der Waals surface area contributed by atoms with E-state index < -0.39 is 23.9 Å². The van der Waals surface area contributed by atoms with Gasteiger partial charge in [0.2, 0.25) is 11.8 Å². The number of nitrogens with zero attached hydrogens (tertiary/aromatic N) is 2. The number of benzene rings is 2. The van der Waals surface area contributed by atoms with Gasteiger partial charge in [-0.25, -0.2) is 0 Å². The highest BCUT2D eigenvalue weighted by Crippen LogP contribution is 2.44. The van der Waals surface area contributed by atoms with Crippen LogP contribution in [-0.4, -0.2) is 60.4 Å². The Hall–Kier alpha value is -4.43. The first kappa shape index (κ1) is 38.3. The van der Waals surface area contributed by atoms with Gasteiger partial charge in [0.15, 0.2) is 0 Å². The number of alkyl halides is 3. The fourth-order valence-electron chi connectivity index (χ4n) is 7.10. The number of carbonyl (C=O) groups excluding carboxylic acids is 1. The second kappa shape index (κ2) is 16.7. The van der Waals surface area contributed by atoms with Crippen molar-refractivity contribution in [3.05, 3.63) is 87.6 Å². The molecule has 0 unspecified atom stereocenters. The predicted molar refractivity (Wildman–Crippen MR) is 198 cm³/mol. The Kier molecular flexibility index (Phi) is 12.1. The van der Waals surface area contributed by atoms with E-state index in [1.165, 1.54) is 7.11 Å². The lowest BCUT2D eigenvalue weighted by Crippen LogP contribution is -2.35. The molecule has 1 saturated heterocycles. The lowest BCUT2D eigenvalue weighted by Gasteiger charge is -2.30. The maximum absolute atomic E-state index is 14.4. The summed E-state index contributed by atoms with van der Waals surface area (Å²) in [4.78, 5) is 20.5. The van der Waals surface area contributed by atoms with Gasteiger partial charge in [-0.05, 0) is 67.5 Å². The first-order chi connectivity index (χ1) is 25.5. The first-order valence-electron chi connectivity index (χ1n) is 17.7. The molecule has 0 radical (unpaired) electrons. The Morgan fingerprint density at radius 2 is 1.83 bits per heavy atom. The molecule has 1 amide bonds. The van der Waals surface area contributed by atoms with E-state index in [-0.39, 0.29) is 42.3 Å². The topological polar surface area (TPSA) is 130 Å². The number of aliphatic hydroxyl groups is 1. The average molecular weight is 753 g/mol. The Labute approximate surface area is 311 Å². The molecule has 3 atom stereocenters. The minimum absolute atomic E-state index is 0.0468. The van der Waals surface area contributed by atoms with Crippen LogP contribution in [0.25, 0.3) is 22.4 Å². The summed E-state index contributed by atoms with van der Waals surface area (Å²) in [5.74, 6) is 0.516. The summed E-state index contributed by atoms with van der Waals surface area (Å²) in [5.41, 5.74) is 5.16. The number of amides is 1. The molecule has 4 aromatic rings. The van der Waals surface area contributed by atoms with Crippen LogP contribution in [0.3, 0.4) is 0 Å². The quantitative estimate of drug-likeness (QED) is 0.0942. The molecule has 10 nitrogen and oxygen atoms in total. The third kappa shape index (κ3) is 8.86. The van der Waals surface area contributed by atoms with Gasteiger partial charge in [0, 0.05) is 67.1 Å². The lowest BCUT2D eigenvalue weighted by molar-refractivity contribution is -0.137. The van der Waals surface area contributed by atoms with E-state index in [0.29, 0.717) is 48.8 Å². The lowest BCUT2D eigenvalue weighted by atomic mass is 9.83. The highest BCUT2D eigenvalue weighted by Gasteiger charge is 2.37. The molecule has 2 aromatic heterocycles. The summed E-state index contributed by atoms with van der Waals surface area (Å²) in [7, 11) is 2.98. The first-order valence-corrected chi connectivity index (χ1v) is 18.1. The van der Waals surface area contributed by atoms with Gasteiger partial charge in [-0.1, -0.05) is 41.9 Å². The number of pyridine rings is 2. The maximum atomic E-state index is 14.4. The zero-order valence-corrected chi connectivity index (χ0v) is 30.6.